The highest BCUT2D eigenvalue weighted by molar-refractivity contribution is 8.00. The molecule has 1 saturated heterocycles. The number of hydrogen-bond acceptors (Lipinski definition) is 6. The Morgan fingerprint density at radius 2 is 1.79 bits per heavy atom. The average Bonchev–Trinajstić information content (AvgIpc) is 3.28. The minimum Gasteiger partial charge on any atom is -0.369 e. The van der Waals surface area contributed by atoms with E-state index in [9.17, 15) is 4.79 Å². The van der Waals surface area contributed by atoms with Crippen LogP contribution in [0, 0.1) is 6.92 Å². The highest BCUT2D eigenvalue weighted by Gasteiger charge is 2.15. The van der Waals surface area contributed by atoms with E-state index in [0.29, 0.717) is 5.56 Å². The van der Waals surface area contributed by atoms with Crippen LogP contribution in [0.2, 0.25) is 0 Å². The summed E-state index contributed by atoms with van der Waals surface area (Å²) in [6, 6.07) is 22.4. The molecule has 1 aromatic heterocycles. The fourth-order valence-corrected chi connectivity index (χ4v) is 6.08. The third kappa shape index (κ3) is 5.27. The van der Waals surface area contributed by atoms with E-state index in [-0.39, 0.29) is 5.91 Å². The monoisotopic (exact) mass is 488 g/mol. The number of piperazine rings is 1. The van der Waals surface area contributed by atoms with Gasteiger partial charge < -0.3 is 15.1 Å². The predicted molar refractivity (Wildman–Crippen MR) is 144 cm³/mol. The number of carbonyl (C=O) groups excluding carboxylic acids is 1. The first-order valence-electron chi connectivity index (χ1n) is 11.5. The summed E-state index contributed by atoms with van der Waals surface area (Å²) < 4.78 is 2.28. The van der Waals surface area contributed by atoms with Gasteiger partial charge in [0.25, 0.3) is 5.91 Å². The Balaban J connectivity index is 1.18. The Bertz CT molecular complexity index is 1260. The summed E-state index contributed by atoms with van der Waals surface area (Å²) in [7, 11) is 2.16. The van der Waals surface area contributed by atoms with Crippen LogP contribution in [0.3, 0.4) is 0 Å². The standard InChI is InChI=1S/C27H28N4OS2/c1-19-17-22(31-15-13-30(2)14-16-31)11-12-23(19)28-26(32)21-9-7-20(8-10-21)18-33-27-29-24-5-3-4-6-25(24)34-27/h3-12,17H,13-16,18H2,1-2H3,(H,28,32). The topological polar surface area (TPSA) is 48.5 Å². The fourth-order valence-electron chi connectivity index (χ4n) is 4.05. The van der Waals surface area contributed by atoms with Crippen molar-refractivity contribution in [3.8, 4) is 0 Å². The van der Waals surface area contributed by atoms with E-state index in [0.717, 1.165) is 53.0 Å². The molecule has 7 heteroatoms. The van der Waals surface area contributed by atoms with Crippen molar-refractivity contribution in [2.45, 2.75) is 17.0 Å². The number of fused-ring (bicyclic) bond motifs is 1. The molecule has 1 fully saturated rings. The molecule has 0 saturated carbocycles. The summed E-state index contributed by atoms with van der Waals surface area (Å²) in [4.78, 5) is 22.3. The van der Waals surface area contributed by atoms with E-state index < -0.39 is 0 Å². The zero-order chi connectivity index (χ0) is 23.5. The van der Waals surface area contributed by atoms with Crippen LogP contribution in [0.25, 0.3) is 10.2 Å². The van der Waals surface area contributed by atoms with Crippen molar-refractivity contribution < 1.29 is 4.79 Å². The maximum Gasteiger partial charge on any atom is 0.255 e. The highest BCUT2D eigenvalue weighted by Crippen LogP contribution is 2.31. The lowest BCUT2D eigenvalue weighted by Gasteiger charge is -2.34. The first-order valence-corrected chi connectivity index (χ1v) is 13.3. The smallest absolute Gasteiger partial charge is 0.255 e. The van der Waals surface area contributed by atoms with Crippen LogP contribution < -0.4 is 10.2 Å². The summed E-state index contributed by atoms with van der Waals surface area (Å²) in [6.45, 7) is 6.27. The van der Waals surface area contributed by atoms with Crippen LogP contribution in [0.15, 0.2) is 71.1 Å². The van der Waals surface area contributed by atoms with Gasteiger partial charge in [0.2, 0.25) is 0 Å². The Morgan fingerprint density at radius 1 is 1.03 bits per heavy atom. The summed E-state index contributed by atoms with van der Waals surface area (Å²) >= 11 is 3.45. The molecule has 0 unspecified atom stereocenters. The summed E-state index contributed by atoms with van der Waals surface area (Å²) in [5.41, 5.74) is 6.05. The first kappa shape index (κ1) is 22.9. The van der Waals surface area contributed by atoms with Gasteiger partial charge in [-0.2, -0.15) is 0 Å². The lowest BCUT2D eigenvalue weighted by molar-refractivity contribution is 0.102. The van der Waals surface area contributed by atoms with Crippen LogP contribution in [0.5, 0.6) is 0 Å². The molecule has 5 nitrogen and oxygen atoms in total. The average molecular weight is 489 g/mol. The quantitative estimate of drug-likeness (QED) is 0.342. The molecular formula is C27H28N4OS2. The van der Waals surface area contributed by atoms with Crippen LogP contribution in [0.1, 0.15) is 21.5 Å². The van der Waals surface area contributed by atoms with Gasteiger partial charge in [0.15, 0.2) is 4.34 Å². The van der Waals surface area contributed by atoms with Gasteiger partial charge >= 0.3 is 0 Å². The molecule has 2 heterocycles. The van der Waals surface area contributed by atoms with Gasteiger partial charge in [-0.25, -0.2) is 4.98 Å². The number of aryl methyl sites for hydroxylation is 1. The van der Waals surface area contributed by atoms with E-state index in [4.69, 9.17) is 0 Å². The lowest BCUT2D eigenvalue weighted by Crippen LogP contribution is -2.44. The van der Waals surface area contributed by atoms with Gasteiger partial charge in [-0.05, 0) is 67.6 Å². The van der Waals surface area contributed by atoms with E-state index in [1.165, 1.54) is 16.0 Å². The van der Waals surface area contributed by atoms with Crippen LogP contribution in [-0.4, -0.2) is 49.0 Å². The van der Waals surface area contributed by atoms with Crippen molar-refractivity contribution in [3.05, 3.63) is 83.4 Å². The van der Waals surface area contributed by atoms with Crippen LogP contribution in [0.4, 0.5) is 11.4 Å². The number of amides is 1. The predicted octanol–water partition coefficient (Wildman–Crippen LogP) is 5.90. The molecule has 0 aliphatic carbocycles. The number of aromatic nitrogens is 1. The number of likely N-dealkylation sites (N-methyl/N-ethyl adjacent to an activating group) is 1. The Labute approximate surface area is 208 Å². The van der Waals surface area contributed by atoms with Crippen molar-refractivity contribution in [1.29, 1.82) is 0 Å². The number of thiazole rings is 1. The molecule has 34 heavy (non-hydrogen) atoms. The number of benzene rings is 3. The second kappa shape index (κ2) is 10.2. The molecule has 1 aliphatic heterocycles. The number of anilines is 2. The Kier molecular flexibility index (Phi) is 6.85. The zero-order valence-corrected chi connectivity index (χ0v) is 21.1. The van der Waals surface area contributed by atoms with Crippen LogP contribution >= 0.6 is 23.1 Å². The molecule has 3 aromatic carbocycles. The Hall–Kier alpha value is -2.87. The SMILES string of the molecule is Cc1cc(N2CCN(C)CC2)ccc1NC(=O)c1ccc(CSc2nc3ccccc3s2)cc1. The molecular weight excluding hydrogens is 460 g/mol. The zero-order valence-electron chi connectivity index (χ0n) is 19.5. The van der Waals surface area contributed by atoms with E-state index >= 15 is 0 Å². The van der Waals surface area contributed by atoms with Crippen molar-refractivity contribution >= 4 is 50.6 Å². The molecule has 0 bridgehead atoms. The third-order valence-corrected chi connectivity index (χ3v) is 8.43. The minimum atomic E-state index is -0.0826. The van der Waals surface area contributed by atoms with Crippen molar-refractivity contribution in [3.63, 3.8) is 0 Å². The minimum absolute atomic E-state index is 0.0826. The number of rotatable bonds is 6. The maximum absolute atomic E-state index is 12.8. The van der Waals surface area contributed by atoms with Gasteiger partial charge in [0, 0.05) is 48.9 Å². The number of para-hydroxylation sites is 1. The highest BCUT2D eigenvalue weighted by atomic mass is 32.2. The molecule has 174 valence electrons. The first-order chi connectivity index (χ1) is 16.5. The van der Waals surface area contributed by atoms with Gasteiger partial charge in [0.1, 0.15) is 0 Å². The number of thioether (sulfide) groups is 1. The second-order valence-electron chi connectivity index (χ2n) is 8.68. The van der Waals surface area contributed by atoms with E-state index in [2.05, 4.69) is 52.3 Å². The molecule has 0 spiro atoms. The van der Waals surface area contributed by atoms with Gasteiger partial charge in [-0.15, -0.1) is 11.3 Å². The summed E-state index contributed by atoms with van der Waals surface area (Å²) in [5.74, 6) is 0.745. The number of carbonyl (C=O) groups is 1. The second-order valence-corrected chi connectivity index (χ2v) is 10.9. The van der Waals surface area contributed by atoms with Gasteiger partial charge in [0.05, 0.1) is 10.2 Å². The maximum atomic E-state index is 12.8. The summed E-state index contributed by atoms with van der Waals surface area (Å²) in [6.07, 6.45) is 0. The number of nitrogens with zero attached hydrogens (tertiary/aromatic N) is 3. The molecule has 4 aromatic rings. The van der Waals surface area contributed by atoms with Crippen molar-refractivity contribution in [2.75, 3.05) is 43.4 Å². The normalized spacial score (nSPS) is 14.5. The van der Waals surface area contributed by atoms with E-state index in [1.54, 1.807) is 23.1 Å². The lowest BCUT2D eigenvalue weighted by atomic mass is 10.1. The molecule has 1 amide bonds. The largest absolute Gasteiger partial charge is 0.369 e. The third-order valence-electron chi connectivity index (χ3n) is 6.18. The van der Waals surface area contributed by atoms with Crippen LogP contribution in [-0.2, 0) is 5.75 Å². The van der Waals surface area contributed by atoms with Gasteiger partial charge in [-0.3, -0.25) is 4.79 Å². The van der Waals surface area contributed by atoms with Crippen molar-refractivity contribution in [1.82, 2.24) is 9.88 Å². The molecule has 5 rings (SSSR count). The molecule has 1 aliphatic rings. The van der Waals surface area contributed by atoms with E-state index in [1.807, 2.05) is 48.5 Å². The molecule has 1 N–H and O–H groups in total. The molecule has 0 radical (unpaired) electrons. The molecule has 0 atom stereocenters. The fraction of sp³-hybridized carbons (Fsp3) is 0.259. The Morgan fingerprint density at radius 3 is 2.53 bits per heavy atom. The summed E-state index contributed by atoms with van der Waals surface area (Å²) in [5, 5.41) is 3.08. The number of nitrogens with one attached hydrogen (secondary N) is 1. The van der Waals surface area contributed by atoms with Crippen molar-refractivity contribution in [2.24, 2.45) is 0 Å². The number of hydrogen-bond donors (Lipinski definition) is 1. The van der Waals surface area contributed by atoms with Gasteiger partial charge in [-0.1, -0.05) is 36.0 Å².